The van der Waals surface area contributed by atoms with E-state index in [1.807, 2.05) is 37.3 Å². The average molecular weight is 287 g/mol. The number of sulfonamides is 1. The van der Waals surface area contributed by atoms with Crippen LogP contribution < -0.4 is 0 Å². The monoisotopic (exact) mass is 287 g/mol. The third kappa shape index (κ3) is 2.25. The van der Waals surface area contributed by atoms with E-state index in [-0.39, 0.29) is 6.04 Å². The summed E-state index contributed by atoms with van der Waals surface area (Å²) in [5, 5.41) is 0. The molecule has 1 aliphatic rings. The van der Waals surface area contributed by atoms with Crippen LogP contribution in [0.3, 0.4) is 0 Å². The number of hydrogen-bond donors (Lipinski definition) is 0. The van der Waals surface area contributed by atoms with Crippen molar-refractivity contribution in [2.45, 2.75) is 24.3 Å². The second kappa shape index (κ2) is 5.04. The van der Waals surface area contributed by atoms with E-state index in [1.165, 1.54) is 5.56 Å². The van der Waals surface area contributed by atoms with Gasteiger partial charge in [0.1, 0.15) is 0 Å². The summed E-state index contributed by atoms with van der Waals surface area (Å²) in [7, 11) is -3.38. The molecule has 2 aromatic carbocycles. The number of benzene rings is 2. The summed E-state index contributed by atoms with van der Waals surface area (Å²) in [4.78, 5) is 0.372. The van der Waals surface area contributed by atoms with Crippen molar-refractivity contribution in [2.24, 2.45) is 0 Å². The summed E-state index contributed by atoms with van der Waals surface area (Å²) in [5.41, 5.74) is 2.26. The molecule has 1 fully saturated rings. The number of aryl methyl sites for hydroxylation is 1. The Morgan fingerprint density at radius 1 is 1.00 bits per heavy atom. The molecule has 0 aliphatic carbocycles. The van der Waals surface area contributed by atoms with E-state index >= 15 is 0 Å². The molecule has 0 saturated carbocycles. The summed E-state index contributed by atoms with van der Waals surface area (Å²) in [6.07, 6.45) is 0.884. The quantitative estimate of drug-likeness (QED) is 0.869. The molecule has 20 heavy (non-hydrogen) atoms. The normalized spacial score (nSPS) is 19.6. The SMILES string of the molecule is Cc1ccc(C2CCN2S(=O)(=O)c2ccccc2)cc1. The minimum Gasteiger partial charge on any atom is -0.207 e. The first-order valence-electron chi connectivity index (χ1n) is 6.72. The van der Waals surface area contributed by atoms with Gasteiger partial charge in [0.25, 0.3) is 0 Å². The molecule has 1 saturated heterocycles. The molecule has 1 unspecified atom stereocenters. The second-order valence-corrected chi connectivity index (χ2v) is 7.03. The van der Waals surface area contributed by atoms with E-state index in [2.05, 4.69) is 0 Å². The lowest BCUT2D eigenvalue weighted by atomic mass is 9.97. The standard InChI is InChI=1S/C16H17NO2S/c1-13-7-9-14(10-8-13)16-11-12-17(16)20(18,19)15-5-3-2-4-6-15/h2-10,16H,11-12H2,1H3. The summed E-state index contributed by atoms with van der Waals surface area (Å²) in [6.45, 7) is 2.62. The van der Waals surface area contributed by atoms with E-state index < -0.39 is 10.0 Å². The molecule has 0 radical (unpaired) electrons. The van der Waals surface area contributed by atoms with Crippen LogP contribution in [0.1, 0.15) is 23.6 Å². The minimum absolute atomic E-state index is 0.0270. The van der Waals surface area contributed by atoms with Crippen molar-refractivity contribution in [2.75, 3.05) is 6.54 Å². The first kappa shape index (κ1) is 13.3. The summed E-state index contributed by atoms with van der Waals surface area (Å²) in [6, 6.07) is 16.7. The topological polar surface area (TPSA) is 37.4 Å². The predicted octanol–water partition coefficient (Wildman–Crippen LogP) is 3.13. The fraction of sp³-hybridized carbons (Fsp3) is 0.250. The molecule has 3 rings (SSSR count). The largest absolute Gasteiger partial charge is 0.243 e. The maximum atomic E-state index is 12.6. The molecule has 0 bridgehead atoms. The van der Waals surface area contributed by atoms with Gasteiger partial charge in [-0.1, -0.05) is 48.0 Å². The number of hydrogen-bond acceptors (Lipinski definition) is 2. The molecular formula is C16H17NO2S. The molecular weight excluding hydrogens is 270 g/mol. The molecule has 0 amide bonds. The Bertz CT molecular complexity index is 693. The highest BCUT2D eigenvalue weighted by Crippen LogP contribution is 2.37. The summed E-state index contributed by atoms with van der Waals surface area (Å²) < 4.78 is 26.8. The molecule has 0 N–H and O–H groups in total. The van der Waals surface area contributed by atoms with Crippen LogP contribution in [0, 0.1) is 6.92 Å². The zero-order chi connectivity index (χ0) is 14.2. The van der Waals surface area contributed by atoms with Crippen molar-refractivity contribution in [3.8, 4) is 0 Å². The zero-order valence-electron chi connectivity index (χ0n) is 11.4. The Morgan fingerprint density at radius 3 is 2.20 bits per heavy atom. The smallest absolute Gasteiger partial charge is 0.207 e. The van der Waals surface area contributed by atoms with Crippen LogP contribution in [0.2, 0.25) is 0 Å². The molecule has 1 atom stereocenters. The van der Waals surface area contributed by atoms with Crippen molar-refractivity contribution in [1.29, 1.82) is 0 Å². The third-order valence-electron chi connectivity index (χ3n) is 3.78. The highest BCUT2D eigenvalue weighted by Gasteiger charge is 2.39. The van der Waals surface area contributed by atoms with Crippen LogP contribution in [0.5, 0.6) is 0 Å². The number of rotatable bonds is 3. The van der Waals surface area contributed by atoms with E-state index in [0.717, 1.165) is 12.0 Å². The van der Waals surface area contributed by atoms with Crippen molar-refractivity contribution in [3.63, 3.8) is 0 Å². The lowest BCUT2D eigenvalue weighted by Gasteiger charge is -2.40. The van der Waals surface area contributed by atoms with Gasteiger partial charge in [0.15, 0.2) is 0 Å². The van der Waals surface area contributed by atoms with Gasteiger partial charge in [0.2, 0.25) is 10.0 Å². The predicted molar refractivity (Wildman–Crippen MR) is 78.9 cm³/mol. The highest BCUT2D eigenvalue weighted by molar-refractivity contribution is 7.89. The Kier molecular flexibility index (Phi) is 3.36. The van der Waals surface area contributed by atoms with E-state index in [9.17, 15) is 8.42 Å². The van der Waals surface area contributed by atoms with Crippen molar-refractivity contribution in [1.82, 2.24) is 4.31 Å². The highest BCUT2D eigenvalue weighted by atomic mass is 32.2. The average Bonchev–Trinajstić information content (AvgIpc) is 2.40. The molecule has 104 valence electrons. The lowest BCUT2D eigenvalue weighted by Crippen LogP contribution is -2.44. The van der Waals surface area contributed by atoms with E-state index in [4.69, 9.17) is 0 Å². The molecule has 4 heteroatoms. The Labute approximate surface area is 119 Å². The van der Waals surface area contributed by atoms with Gasteiger partial charge in [-0.25, -0.2) is 8.42 Å². The van der Waals surface area contributed by atoms with Gasteiger partial charge < -0.3 is 0 Å². The lowest BCUT2D eigenvalue weighted by molar-refractivity contribution is 0.202. The number of nitrogens with zero attached hydrogens (tertiary/aromatic N) is 1. The van der Waals surface area contributed by atoms with Crippen LogP contribution in [-0.4, -0.2) is 19.3 Å². The summed E-state index contributed by atoms with van der Waals surface area (Å²) in [5.74, 6) is 0. The second-order valence-electron chi connectivity index (χ2n) is 5.14. The Balaban J connectivity index is 1.90. The Morgan fingerprint density at radius 2 is 1.65 bits per heavy atom. The van der Waals surface area contributed by atoms with Gasteiger partial charge in [-0.05, 0) is 31.0 Å². The van der Waals surface area contributed by atoms with Gasteiger partial charge in [-0.2, -0.15) is 4.31 Å². The van der Waals surface area contributed by atoms with Crippen LogP contribution in [0.15, 0.2) is 59.5 Å². The maximum Gasteiger partial charge on any atom is 0.243 e. The molecule has 2 aromatic rings. The minimum atomic E-state index is -3.38. The van der Waals surface area contributed by atoms with E-state index in [0.29, 0.717) is 11.4 Å². The van der Waals surface area contributed by atoms with E-state index in [1.54, 1.807) is 28.6 Å². The molecule has 1 heterocycles. The fourth-order valence-corrected chi connectivity index (χ4v) is 4.18. The van der Waals surface area contributed by atoms with Crippen LogP contribution in [-0.2, 0) is 10.0 Å². The van der Waals surface area contributed by atoms with Crippen LogP contribution in [0.25, 0.3) is 0 Å². The van der Waals surface area contributed by atoms with Crippen LogP contribution in [0.4, 0.5) is 0 Å². The molecule has 1 aliphatic heterocycles. The van der Waals surface area contributed by atoms with Crippen molar-refractivity contribution >= 4 is 10.0 Å². The van der Waals surface area contributed by atoms with Gasteiger partial charge in [0, 0.05) is 6.54 Å². The zero-order valence-corrected chi connectivity index (χ0v) is 12.2. The first-order valence-corrected chi connectivity index (χ1v) is 8.16. The third-order valence-corrected chi connectivity index (χ3v) is 5.70. The van der Waals surface area contributed by atoms with Gasteiger partial charge in [0.05, 0.1) is 10.9 Å². The van der Waals surface area contributed by atoms with Gasteiger partial charge in [-0.15, -0.1) is 0 Å². The van der Waals surface area contributed by atoms with Crippen LogP contribution >= 0.6 is 0 Å². The summed E-state index contributed by atoms with van der Waals surface area (Å²) >= 11 is 0. The van der Waals surface area contributed by atoms with Gasteiger partial charge >= 0.3 is 0 Å². The molecule has 0 spiro atoms. The van der Waals surface area contributed by atoms with Gasteiger partial charge in [-0.3, -0.25) is 0 Å². The maximum absolute atomic E-state index is 12.6. The first-order chi connectivity index (χ1) is 9.59. The van der Waals surface area contributed by atoms with Crippen molar-refractivity contribution in [3.05, 3.63) is 65.7 Å². The molecule has 3 nitrogen and oxygen atoms in total. The molecule has 0 aromatic heterocycles. The van der Waals surface area contributed by atoms with Crippen molar-refractivity contribution < 1.29 is 8.42 Å². The Hall–Kier alpha value is -1.65. The fourth-order valence-electron chi connectivity index (χ4n) is 2.50.